The van der Waals surface area contributed by atoms with E-state index >= 15 is 0 Å². The number of benzene rings is 2. The van der Waals surface area contributed by atoms with E-state index in [1.165, 1.54) is 24.3 Å². The van der Waals surface area contributed by atoms with Crippen molar-refractivity contribution in [1.29, 1.82) is 0 Å². The van der Waals surface area contributed by atoms with Crippen molar-refractivity contribution in [2.75, 3.05) is 4.53 Å². The summed E-state index contributed by atoms with van der Waals surface area (Å²) in [5.74, 6) is -1.82. The molecule has 0 radical (unpaired) electrons. The Labute approximate surface area is 131 Å². The molecule has 0 spiro atoms. The van der Waals surface area contributed by atoms with Crippen LogP contribution in [0, 0.1) is 5.82 Å². The van der Waals surface area contributed by atoms with E-state index in [9.17, 15) is 22.1 Å². The minimum absolute atomic E-state index is 0.279. The van der Waals surface area contributed by atoms with E-state index in [1.807, 2.05) is 0 Å². The number of carboxylic acid groups (broad SMARTS) is 1. The lowest BCUT2D eigenvalue weighted by Gasteiger charge is -2.14. The molecule has 0 aromatic heterocycles. The van der Waals surface area contributed by atoms with E-state index in [4.69, 9.17) is 5.11 Å². The third kappa shape index (κ3) is 3.92. The summed E-state index contributed by atoms with van der Waals surface area (Å²) in [4.78, 5) is 10.1. The van der Waals surface area contributed by atoms with Gasteiger partial charge in [0.25, 0.3) is 10.0 Å². The molecule has 23 heavy (non-hydrogen) atoms. The molecule has 0 heterocycles. The molecule has 0 saturated heterocycles. The maximum absolute atomic E-state index is 14.2. The first kappa shape index (κ1) is 16.6. The number of hydrogen-bond donors (Lipinski definition) is 1. The lowest BCUT2D eigenvalue weighted by Crippen LogP contribution is -2.22. The largest absolute Gasteiger partial charge is 0.478 e. The number of sulfonamides is 1. The highest BCUT2D eigenvalue weighted by Gasteiger charge is 2.25. The lowest BCUT2D eigenvalue weighted by molar-refractivity contribution is -0.131. The molecule has 8 heteroatoms. The molecule has 5 nitrogen and oxygen atoms in total. The van der Waals surface area contributed by atoms with Crippen molar-refractivity contribution >= 4 is 27.8 Å². The van der Waals surface area contributed by atoms with Gasteiger partial charge in [0.05, 0.1) is 10.6 Å². The zero-order chi connectivity index (χ0) is 17.0. The Morgan fingerprint density at radius 3 is 2.39 bits per heavy atom. The number of aliphatic carboxylic acids is 1. The molecule has 2 rings (SSSR count). The van der Waals surface area contributed by atoms with Gasteiger partial charge in [-0.2, -0.15) is 8.42 Å². The van der Waals surface area contributed by atoms with Crippen LogP contribution in [0.5, 0.6) is 0 Å². The zero-order valence-electron chi connectivity index (χ0n) is 11.6. The summed E-state index contributed by atoms with van der Waals surface area (Å²) in [6.07, 6.45) is 2.01. The average molecular weight is 339 g/mol. The molecule has 1 N–H and O–H groups in total. The molecule has 0 atom stereocenters. The molecule has 120 valence electrons. The summed E-state index contributed by atoms with van der Waals surface area (Å²) < 4.78 is 51.0. The van der Waals surface area contributed by atoms with Crippen molar-refractivity contribution in [2.24, 2.45) is 0 Å². The maximum Gasteiger partial charge on any atom is 0.328 e. The zero-order valence-corrected chi connectivity index (χ0v) is 12.4. The Hall–Kier alpha value is -2.74. The maximum atomic E-state index is 14.2. The van der Waals surface area contributed by atoms with Crippen LogP contribution in [0.25, 0.3) is 6.08 Å². The van der Waals surface area contributed by atoms with E-state index in [1.54, 1.807) is 0 Å². The van der Waals surface area contributed by atoms with Gasteiger partial charge in [0.15, 0.2) is 0 Å². The Morgan fingerprint density at radius 2 is 1.78 bits per heavy atom. The fourth-order valence-electron chi connectivity index (χ4n) is 1.74. The predicted octanol–water partition coefficient (Wildman–Crippen LogP) is 3.00. The Balaban J connectivity index is 2.37. The van der Waals surface area contributed by atoms with Crippen molar-refractivity contribution in [3.05, 3.63) is 66.0 Å². The number of hydrogen-bond acceptors (Lipinski definition) is 3. The van der Waals surface area contributed by atoms with Crippen LogP contribution in [-0.4, -0.2) is 19.5 Å². The molecular formula is C15H11F2NO4S. The van der Waals surface area contributed by atoms with E-state index in [2.05, 4.69) is 0 Å². The van der Waals surface area contributed by atoms with Gasteiger partial charge in [-0.1, -0.05) is 21.1 Å². The fraction of sp³-hybridized carbons (Fsp3) is 0. The minimum Gasteiger partial charge on any atom is -0.478 e. The number of anilines is 1. The van der Waals surface area contributed by atoms with Gasteiger partial charge < -0.3 is 5.11 Å². The molecule has 0 fully saturated rings. The molecule has 0 unspecified atom stereocenters. The topological polar surface area (TPSA) is 74.7 Å². The second-order valence-electron chi connectivity index (χ2n) is 4.44. The highest BCUT2D eigenvalue weighted by Crippen LogP contribution is 2.25. The molecule has 0 amide bonds. The normalized spacial score (nSPS) is 11.6. The molecule has 0 aliphatic heterocycles. The van der Waals surface area contributed by atoms with Crippen molar-refractivity contribution in [3.8, 4) is 0 Å². The molecular weight excluding hydrogens is 328 g/mol. The molecule has 2 aromatic rings. The van der Waals surface area contributed by atoms with Crippen LogP contribution in [0.15, 0.2) is 59.5 Å². The lowest BCUT2D eigenvalue weighted by atomic mass is 10.2. The summed E-state index contributed by atoms with van der Waals surface area (Å²) in [6, 6.07) is 8.97. The van der Waals surface area contributed by atoms with Gasteiger partial charge in [-0.25, -0.2) is 9.18 Å². The molecule has 0 aliphatic carbocycles. The third-order valence-electron chi connectivity index (χ3n) is 2.81. The Kier molecular flexibility index (Phi) is 4.75. The standard InChI is InChI=1S/C15H11F2NO4S/c16-12-5-7-13(8-6-12)18(17)23(21,22)14-3-1-2-11(10-14)4-9-15(19)20/h1-10H,(H,19,20). The molecule has 0 bridgehead atoms. The van der Waals surface area contributed by atoms with Gasteiger partial charge >= 0.3 is 5.97 Å². The van der Waals surface area contributed by atoms with Gasteiger partial charge in [0, 0.05) is 6.08 Å². The Morgan fingerprint density at radius 1 is 1.13 bits per heavy atom. The van der Waals surface area contributed by atoms with Crippen LogP contribution < -0.4 is 4.53 Å². The van der Waals surface area contributed by atoms with Gasteiger partial charge in [0.1, 0.15) is 5.82 Å². The van der Waals surface area contributed by atoms with Crippen LogP contribution in [0.4, 0.5) is 14.6 Å². The van der Waals surface area contributed by atoms with E-state index in [0.717, 1.165) is 36.4 Å². The fourth-order valence-corrected chi connectivity index (χ4v) is 2.86. The first-order valence-electron chi connectivity index (χ1n) is 6.28. The summed E-state index contributed by atoms with van der Waals surface area (Å²) in [6.45, 7) is 0. The predicted molar refractivity (Wildman–Crippen MR) is 80.3 cm³/mol. The van der Waals surface area contributed by atoms with Gasteiger partial charge in [-0.05, 0) is 48.0 Å². The van der Waals surface area contributed by atoms with Crippen molar-refractivity contribution in [3.63, 3.8) is 0 Å². The minimum atomic E-state index is -4.50. The first-order chi connectivity index (χ1) is 10.8. The van der Waals surface area contributed by atoms with Crippen LogP contribution in [0.1, 0.15) is 5.56 Å². The number of carbonyl (C=O) groups is 1. The number of carboxylic acids is 1. The monoisotopic (exact) mass is 339 g/mol. The summed E-state index contributed by atoms with van der Waals surface area (Å²) >= 11 is 0. The van der Waals surface area contributed by atoms with Crippen molar-refractivity contribution in [2.45, 2.75) is 4.90 Å². The van der Waals surface area contributed by atoms with E-state index in [-0.39, 0.29) is 16.1 Å². The van der Waals surface area contributed by atoms with Gasteiger partial charge in [-0.3, -0.25) is 0 Å². The summed E-state index contributed by atoms with van der Waals surface area (Å²) in [5.41, 5.74) is -0.0705. The summed E-state index contributed by atoms with van der Waals surface area (Å²) in [5, 5.41) is 8.56. The molecule has 0 aliphatic rings. The van der Waals surface area contributed by atoms with Crippen molar-refractivity contribution < 1.29 is 27.2 Å². The van der Waals surface area contributed by atoms with Crippen LogP contribution in [0.3, 0.4) is 0 Å². The quantitative estimate of drug-likeness (QED) is 0.671. The number of rotatable bonds is 5. The highest BCUT2D eigenvalue weighted by molar-refractivity contribution is 7.92. The molecule has 2 aromatic carbocycles. The first-order valence-corrected chi connectivity index (χ1v) is 7.72. The Bertz CT molecular complexity index is 848. The number of halogens is 2. The van der Waals surface area contributed by atoms with Crippen LogP contribution in [-0.2, 0) is 14.8 Å². The molecule has 0 saturated carbocycles. The summed E-state index contributed by atoms with van der Waals surface area (Å²) in [7, 11) is -4.50. The number of nitrogens with zero attached hydrogens (tertiary/aromatic N) is 1. The second-order valence-corrected chi connectivity index (χ2v) is 6.18. The van der Waals surface area contributed by atoms with Crippen molar-refractivity contribution in [1.82, 2.24) is 0 Å². The SMILES string of the molecule is O=C(O)C=Cc1cccc(S(=O)(=O)N(F)c2ccc(F)cc2)c1. The van der Waals surface area contributed by atoms with E-state index < -0.39 is 26.3 Å². The van der Waals surface area contributed by atoms with Gasteiger partial charge in [-0.15, -0.1) is 0 Å². The van der Waals surface area contributed by atoms with Gasteiger partial charge in [0.2, 0.25) is 0 Å². The van der Waals surface area contributed by atoms with Crippen LogP contribution >= 0.6 is 0 Å². The smallest absolute Gasteiger partial charge is 0.328 e. The average Bonchev–Trinajstić information content (AvgIpc) is 2.53. The second kappa shape index (κ2) is 6.57. The van der Waals surface area contributed by atoms with Crippen LogP contribution in [0.2, 0.25) is 0 Å². The highest BCUT2D eigenvalue weighted by atomic mass is 32.2. The third-order valence-corrected chi connectivity index (χ3v) is 4.30. The van der Waals surface area contributed by atoms with E-state index in [0.29, 0.717) is 0 Å².